The van der Waals surface area contributed by atoms with E-state index in [1.165, 1.54) is 23.6 Å². The first-order valence-corrected chi connectivity index (χ1v) is 9.16. The van der Waals surface area contributed by atoms with E-state index in [0.717, 1.165) is 44.1 Å². The molecule has 0 amide bonds. The van der Waals surface area contributed by atoms with Crippen LogP contribution in [0.4, 0.5) is 0 Å². The summed E-state index contributed by atoms with van der Waals surface area (Å²) in [5.74, 6) is -0.239. The molecule has 0 aliphatic carbocycles. The molecule has 0 aromatic heterocycles. The molecule has 142 valence electrons. The summed E-state index contributed by atoms with van der Waals surface area (Å²) in [7, 11) is 0. The van der Waals surface area contributed by atoms with Crippen LogP contribution in [0.25, 0.3) is 0 Å². The minimum Gasteiger partial charge on any atom is -0.462 e. The standard InChI is InChI=1S/C22H36O3/c1-17(2)22(24)14-13-19(4)11-7-9-18(3)10-8-12-20(5)15-16-25-21(6)23/h10-11,15,22,24H,1,7-9,12-14,16H2,2-6H3/b18-10+,19-11+,20-15+. The van der Waals surface area contributed by atoms with Gasteiger partial charge >= 0.3 is 5.97 Å². The number of allylic oxidation sites excluding steroid dienone is 5. The van der Waals surface area contributed by atoms with Gasteiger partial charge in [-0.3, -0.25) is 4.79 Å². The molecule has 0 heterocycles. The van der Waals surface area contributed by atoms with Crippen LogP contribution >= 0.6 is 0 Å². The number of rotatable bonds is 12. The quantitative estimate of drug-likeness (QED) is 0.365. The van der Waals surface area contributed by atoms with Gasteiger partial charge in [-0.2, -0.15) is 0 Å². The molecular formula is C22H36O3. The van der Waals surface area contributed by atoms with Crippen molar-refractivity contribution in [1.29, 1.82) is 0 Å². The van der Waals surface area contributed by atoms with Crippen LogP contribution in [0.5, 0.6) is 0 Å². The second-order valence-electron chi connectivity index (χ2n) is 6.93. The van der Waals surface area contributed by atoms with Gasteiger partial charge in [-0.15, -0.1) is 0 Å². The highest BCUT2D eigenvalue weighted by atomic mass is 16.5. The van der Waals surface area contributed by atoms with Gasteiger partial charge in [-0.25, -0.2) is 0 Å². The van der Waals surface area contributed by atoms with Crippen LogP contribution in [0.15, 0.2) is 47.1 Å². The molecule has 0 radical (unpaired) electrons. The van der Waals surface area contributed by atoms with Crippen LogP contribution in [-0.4, -0.2) is 23.8 Å². The van der Waals surface area contributed by atoms with Crippen molar-refractivity contribution in [2.45, 2.75) is 79.2 Å². The van der Waals surface area contributed by atoms with Crippen LogP contribution in [0.1, 0.15) is 73.1 Å². The van der Waals surface area contributed by atoms with E-state index in [4.69, 9.17) is 4.74 Å². The molecule has 25 heavy (non-hydrogen) atoms. The number of carbonyl (C=O) groups is 1. The minimum atomic E-state index is -0.387. The molecule has 0 aliphatic rings. The second-order valence-corrected chi connectivity index (χ2v) is 6.93. The van der Waals surface area contributed by atoms with Gasteiger partial charge in [-0.05, 0) is 72.3 Å². The maximum atomic E-state index is 10.7. The summed E-state index contributed by atoms with van der Waals surface area (Å²) in [5, 5.41) is 9.75. The molecule has 1 N–H and O–H groups in total. The third-order valence-corrected chi connectivity index (χ3v) is 4.16. The highest BCUT2D eigenvalue weighted by Gasteiger charge is 2.04. The van der Waals surface area contributed by atoms with Gasteiger partial charge in [0.05, 0.1) is 6.10 Å². The SMILES string of the molecule is C=C(C)C(O)CC/C(C)=C/CC/C(C)=C/CC/C(C)=C/COC(C)=O. The molecule has 3 nitrogen and oxygen atoms in total. The molecule has 0 spiro atoms. The third-order valence-electron chi connectivity index (χ3n) is 4.16. The number of hydrogen-bond acceptors (Lipinski definition) is 3. The van der Waals surface area contributed by atoms with Crippen molar-refractivity contribution in [2.24, 2.45) is 0 Å². The first kappa shape index (κ1) is 23.4. The first-order chi connectivity index (χ1) is 11.7. The van der Waals surface area contributed by atoms with Crippen LogP contribution in [0.2, 0.25) is 0 Å². The molecule has 0 rings (SSSR count). The fourth-order valence-corrected chi connectivity index (χ4v) is 2.31. The van der Waals surface area contributed by atoms with E-state index in [9.17, 15) is 9.90 Å². The fraction of sp³-hybridized carbons (Fsp3) is 0.591. The van der Waals surface area contributed by atoms with Crippen molar-refractivity contribution in [1.82, 2.24) is 0 Å². The Hall–Kier alpha value is -1.61. The Bertz CT molecular complexity index is 509. The summed E-state index contributed by atoms with van der Waals surface area (Å²) >= 11 is 0. The van der Waals surface area contributed by atoms with Crippen molar-refractivity contribution in [3.8, 4) is 0 Å². The number of hydrogen-bond donors (Lipinski definition) is 1. The number of esters is 1. The lowest BCUT2D eigenvalue weighted by molar-refractivity contribution is -0.139. The molecule has 0 aromatic rings. The lowest BCUT2D eigenvalue weighted by Crippen LogP contribution is -2.06. The Labute approximate surface area is 154 Å². The Kier molecular flexibility index (Phi) is 12.8. The Balaban J connectivity index is 4.02. The Morgan fingerprint density at radius 3 is 1.88 bits per heavy atom. The minimum absolute atomic E-state index is 0.239. The van der Waals surface area contributed by atoms with Crippen molar-refractivity contribution >= 4 is 5.97 Å². The van der Waals surface area contributed by atoms with Crippen molar-refractivity contribution in [2.75, 3.05) is 6.61 Å². The highest BCUT2D eigenvalue weighted by molar-refractivity contribution is 5.66. The van der Waals surface area contributed by atoms with E-state index in [-0.39, 0.29) is 12.1 Å². The smallest absolute Gasteiger partial charge is 0.302 e. The largest absolute Gasteiger partial charge is 0.462 e. The number of ether oxygens (including phenoxy) is 1. The topological polar surface area (TPSA) is 46.5 Å². The molecule has 0 saturated heterocycles. The molecule has 0 saturated carbocycles. The Morgan fingerprint density at radius 2 is 1.40 bits per heavy atom. The number of aliphatic hydroxyl groups excluding tert-OH is 1. The second kappa shape index (κ2) is 13.7. The summed E-state index contributed by atoms with van der Waals surface area (Å²) in [6, 6.07) is 0. The lowest BCUT2D eigenvalue weighted by atomic mass is 10.0. The molecule has 0 aromatic carbocycles. The van der Waals surface area contributed by atoms with Gasteiger partial charge in [0.25, 0.3) is 0 Å². The first-order valence-electron chi connectivity index (χ1n) is 9.16. The number of carbonyl (C=O) groups excluding carboxylic acids is 1. The van der Waals surface area contributed by atoms with Crippen LogP contribution in [0, 0.1) is 0 Å². The van der Waals surface area contributed by atoms with Gasteiger partial charge < -0.3 is 9.84 Å². The average Bonchev–Trinajstić information content (AvgIpc) is 2.52. The van der Waals surface area contributed by atoms with Gasteiger partial charge in [-0.1, -0.05) is 41.0 Å². The van der Waals surface area contributed by atoms with E-state index in [0.29, 0.717) is 6.61 Å². The third kappa shape index (κ3) is 14.4. The van der Waals surface area contributed by atoms with Crippen molar-refractivity contribution in [3.63, 3.8) is 0 Å². The molecule has 1 atom stereocenters. The van der Waals surface area contributed by atoms with Crippen LogP contribution in [0.3, 0.4) is 0 Å². The molecule has 1 unspecified atom stereocenters. The van der Waals surface area contributed by atoms with Crippen molar-refractivity contribution < 1.29 is 14.6 Å². The Morgan fingerprint density at radius 1 is 0.920 bits per heavy atom. The van der Waals surface area contributed by atoms with Gasteiger partial charge in [0, 0.05) is 6.92 Å². The molecule has 0 aliphatic heterocycles. The van der Waals surface area contributed by atoms with E-state index >= 15 is 0 Å². The zero-order chi connectivity index (χ0) is 19.2. The lowest BCUT2D eigenvalue weighted by Gasteiger charge is -2.10. The highest BCUT2D eigenvalue weighted by Crippen LogP contribution is 2.15. The fourth-order valence-electron chi connectivity index (χ4n) is 2.31. The zero-order valence-corrected chi connectivity index (χ0v) is 16.7. The maximum absolute atomic E-state index is 10.7. The van der Waals surface area contributed by atoms with E-state index in [2.05, 4.69) is 39.5 Å². The van der Waals surface area contributed by atoms with Crippen LogP contribution < -0.4 is 0 Å². The number of aliphatic hydroxyl groups is 1. The van der Waals surface area contributed by atoms with E-state index in [1.807, 2.05) is 13.0 Å². The summed E-state index contributed by atoms with van der Waals surface area (Å²) < 4.78 is 4.91. The molecule has 3 heteroatoms. The predicted octanol–water partition coefficient (Wildman–Crippen LogP) is 5.67. The monoisotopic (exact) mass is 348 g/mol. The van der Waals surface area contributed by atoms with E-state index < -0.39 is 0 Å². The van der Waals surface area contributed by atoms with Gasteiger partial charge in [0.15, 0.2) is 0 Å². The molecule has 0 bridgehead atoms. The van der Waals surface area contributed by atoms with Crippen molar-refractivity contribution in [3.05, 3.63) is 47.1 Å². The average molecular weight is 349 g/mol. The summed E-state index contributed by atoms with van der Waals surface area (Å²) in [5.41, 5.74) is 4.82. The molecular weight excluding hydrogens is 312 g/mol. The van der Waals surface area contributed by atoms with Crippen LogP contribution in [-0.2, 0) is 9.53 Å². The summed E-state index contributed by atoms with van der Waals surface area (Å²) in [6.07, 6.45) is 11.9. The maximum Gasteiger partial charge on any atom is 0.302 e. The summed E-state index contributed by atoms with van der Waals surface area (Å²) in [4.78, 5) is 10.7. The normalized spacial score (nSPS) is 14.4. The predicted molar refractivity (Wildman–Crippen MR) is 106 cm³/mol. The van der Waals surface area contributed by atoms with Gasteiger partial charge in [0.1, 0.15) is 6.61 Å². The molecule has 0 fully saturated rings. The van der Waals surface area contributed by atoms with Gasteiger partial charge in [0.2, 0.25) is 0 Å². The van der Waals surface area contributed by atoms with E-state index in [1.54, 1.807) is 0 Å². The summed E-state index contributed by atoms with van der Waals surface area (Å²) in [6.45, 7) is 13.8. The zero-order valence-electron chi connectivity index (χ0n) is 16.7.